The Bertz CT molecular complexity index is 635. The summed E-state index contributed by atoms with van der Waals surface area (Å²) in [4.78, 5) is 22.6. The van der Waals surface area contributed by atoms with Crippen molar-refractivity contribution in [3.63, 3.8) is 0 Å². The van der Waals surface area contributed by atoms with Crippen LogP contribution in [-0.4, -0.2) is 26.6 Å². The second-order valence-electron chi connectivity index (χ2n) is 4.00. The molecule has 1 heterocycles. The molecule has 0 aliphatic carbocycles. The Morgan fingerprint density at radius 3 is 2.53 bits per heavy atom. The summed E-state index contributed by atoms with van der Waals surface area (Å²) in [5.74, 6) is -1.74. The van der Waals surface area contributed by atoms with Crippen LogP contribution in [0.25, 0.3) is 11.3 Å². The highest BCUT2D eigenvalue weighted by Crippen LogP contribution is 2.29. The van der Waals surface area contributed by atoms with Crippen LogP contribution in [0, 0.1) is 0 Å². The van der Waals surface area contributed by atoms with Gasteiger partial charge in [0.25, 0.3) is 0 Å². The lowest BCUT2D eigenvalue weighted by molar-refractivity contribution is -0.135. The molecule has 1 N–H and O–H groups in total. The smallest absolute Gasteiger partial charge is 0.311 e. The van der Waals surface area contributed by atoms with Crippen molar-refractivity contribution < 1.29 is 14.7 Å². The topological polar surface area (TPSA) is 72.2 Å². The van der Waals surface area contributed by atoms with Crippen LogP contribution in [0.3, 0.4) is 0 Å². The Kier molecular flexibility index (Phi) is 3.66. The number of Topliss-reactive ketones (excluding diaryl/α,β-unsaturated/α-hetero) is 1. The average molecular weight is 279 g/mol. The number of aromatic nitrogens is 2. The standard InChI is InChI=1S/C13H11ClN2O3/c1-16-13(14)11(9(17)7-10(18)19)12(15-16)8-5-3-2-4-6-8/h2-6H,7H2,1H3,(H,18,19). The van der Waals surface area contributed by atoms with Gasteiger partial charge < -0.3 is 5.11 Å². The first kappa shape index (κ1) is 13.3. The zero-order chi connectivity index (χ0) is 14.0. The third-order valence-corrected chi connectivity index (χ3v) is 3.05. The summed E-state index contributed by atoms with van der Waals surface area (Å²) in [6, 6.07) is 9.03. The van der Waals surface area contributed by atoms with Gasteiger partial charge in [-0.15, -0.1) is 0 Å². The summed E-state index contributed by atoms with van der Waals surface area (Å²) in [6.07, 6.45) is -0.606. The van der Waals surface area contributed by atoms with Gasteiger partial charge in [-0.3, -0.25) is 14.3 Å². The van der Waals surface area contributed by atoms with Crippen LogP contribution < -0.4 is 0 Å². The summed E-state index contributed by atoms with van der Waals surface area (Å²) in [5.41, 5.74) is 1.27. The molecule has 0 aliphatic heterocycles. The first-order chi connectivity index (χ1) is 9.00. The zero-order valence-electron chi connectivity index (χ0n) is 10.1. The van der Waals surface area contributed by atoms with Crippen LogP contribution in [0.1, 0.15) is 16.8 Å². The number of carbonyl (C=O) groups excluding carboxylic acids is 1. The third kappa shape index (κ3) is 2.66. The number of carbonyl (C=O) groups is 2. The van der Waals surface area contributed by atoms with E-state index < -0.39 is 18.2 Å². The number of carboxylic acids is 1. The summed E-state index contributed by atoms with van der Waals surface area (Å²) in [7, 11) is 1.60. The Morgan fingerprint density at radius 1 is 1.32 bits per heavy atom. The molecule has 0 spiro atoms. The lowest BCUT2D eigenvalue weighted by Gasteiger charge is -2.00. The molecule has 1 aromatic heterocycles. The van der Waals surface area contributed by atoms with Crippen LogP contribution >= 0.6 is 11.6 Å². The van der Waals surface area contributed by atoms with Gasteiger partial charge in [0, 0.05) is 12.6 Å². The molecule has 0 amide bonds. The van der Waals surface area contributed by atoms with E-state index in [-0.39, 0.29) is 10.7 Å². The SMILES string of the molecule is Cn1nc(-c2ccccc2)c(C(=O)CC(=O)O)c1Cl. The van der Waals surface area contributed by atoms with Crippen molar-refractivity contribution in [2.24, 2.45) is 7.05 Å². The van der Waals surface area contributed by atoms with Crippen molar-refractivity contribution in [1.82, 2.24) is 9.78 Å². The monoisotopic (exact) mass is 278 g/mol. The molecular weight excluding hydrogens is 268 g/mol. The average Bonchev–Trinajstić information content (AvgIpc) is 2.66. The van der Waals surface area contributed by atoms with E-state index in [4.69, 9.17) is 16.7 Å². The number of aliphatic carboxylic acids is 1. The fourth-order valence-corrected chi connectivity index (χ4v) is 2.01. The van der Waals surface area contributed by atoms with Gasteiger partial charge in [0.05, 0.1) is 5.56 Å². The number of hydrogen-bond acceptors (Lipinski definition) is 3. The number of nitrogens with zero attached hydrogens (tertiary/aromatic N) is 2. The molecule has 0 atom stereocenters. The number of halogens is 1. The Labute approximate surface area is 114 Å². The maximum absolute atomic E-state index is 12.0. The van der Waals surface area contributed by atoms with Gasteiger partial charge in [-0.25, -0.2) is 0 Å². The first-order valence-corrected chi connectivity index (χ1v) is 5.91. The van der Waals surface area contributed by atoms with E-state index in [9.17, 15) is 9.59 Å². The summed E-state index contributed by atoms with van der Waals surface area (Å²) < 4.78 is 1.36. The molecule has 0 saturated heterocycles. The molecule has 0 saturated carbocycles. The molecule has 6 heteroatoms. The molecule has 98 valence electrons. The lowest BCUT2D eigenvalue weighted by atomic mass is 10.0. The van der Waals surface area contributed by atoms with Crippen LogP contribution in [0.5, 0.6) is 0 Å². The van der Waals surface area contributed by atoms with Crippen molar-refractivity contribution in [2.45, 2.75) is 6.42 Å². The fraction of sp³-hybridized carbons (Fsp3) is 0.154. The van der Waals surface area contributed by atoms with Crippen LogP contribution in [-0.2, 0) is 11.8 Å². The maximum atomic E-state index is 12.0. The van der Waals surface area contributed by atoms with Crippen LogP contribution in [0.4, 0.5) is 0 Å². The number of benzene rings is 1. The van der Waals surface area contributed by atoms with Gasteiger partial charge in [-0.1, -0.05) is 41.9 Å². The minimum absolute atomic E-state index is 0.144. The molecule has 2 aromatic rings. The summed E-state index contributed by atoms with van der Waals surface area (Å²) in [5, 5.41) is 13.0. The van der Waals surface area contributed by atoms with E-state index in [0.29, 0.717) is 5.69 Å². The normalized spacial score (nSPS) is 10.4. The first-order valence-electron chi connectivity index (χ1n) is 5.53. The third-order valence-electron chi connectivity index (χ3n) is 2.62. The largest absolute Gasteiger partial charge is 0.481 e. The van der Waals surface area contributed by atoms with Gasteiger partial charge in [0.2, 0.25) is 0 Å². The number of rotatable bonds is 4. The van der Waals surface area contributed by atoms with Gasteiger partial charge in [-0.2, -0.15) is 5.10 Å². The molecule has 2 rings (SSSR count). The lowest BCUT2D eigenvalue weighted by Crippen LogP contribution is -2.08. The number of hydrogen-bond donors (Lipinski definition) is 1. The Balaban J connectivity index is 2.54. The molecule has 0 fully saturated rings. The van der Waals surface area contributed by atoms with Gasteiger partial charge >= 0.3 is 5.97 Å². The molecule has 5 nitrogen and oxygen atoms in total. The highest BCUT2D eigenvalue weighted by Gasteiger charge is 2.23. The van der Waals surface area contributed by atoms with E-state index in [1.807, 2.05) is 18.2 Å². The Hall–Kier alpha value is -2.14. The molecule has 1 aromatic carbocycles. The Morgan fingerprint density at radius 2 is 1.95 bits per heavy atom. The number of carboxylic acid groups (broad SMARTS) is 1. The molecule has 0 bridgehead atoms. The van der Waals surface area contributed by atoms with Gasteiger partial charge in [0.1, 0.15) is 17.3 Å². The molecule has 19 heavy (non-hydrogen) atoms. The molecule has 0 unspecified atom stereocenters. The summed E-state index contributed by atoms with van der Waals surface area (Å²) >= 11 is 6.03. The van der Waals surface area contributed by atoms with Crippen molar-refractivity contribution in [3.8, 4) is 11.3 Å². The summed E-state index contributed by atoms with van der Waals surface area (Å²) in [6.45, 7) is 0. The second kappa shape index (κ2) is 5.24. The predicted molar refractivity (Wildman–Crippen MR) is 70.2 cm³/mol. The van der Waals surface area contributed by atoms with Crippen molar-refractivity contribution in [2.75, 3.05) is 0 Å². The highest BCUT2D eigenvalue weighted by molar-refractivity contribution is 6.34. The van der Waals surface area contributed by atoms with Crippen molar-refractivity contribution in [3.05, 3.63) is 41.0 Å². The van der Waals surface area contributed by atoms with Crippen LogP contribution in [0.2, 0.25) is 5.15 Å². The molecule has 0 radical (unpaired) electrons. The minimum atomic E-state index is -1.19. The van der Waals surface area contributed by atoms with Gasteiger partial charge in [0.15, 0.2) is 5.78 Å². The van der Waals surface area contributed by atoms with E-state index >= 15 is 0 Å². The number of aryl methyl sites for hydroxylation is 1. The van der Waals surface area contributed by atoms with E-state index in [1.165, 1.54) is 4.68 Å². The molecule has 0 aliphatic rings. The van der Waals surface area contributed by atoms with E-state index in [2.05, 4.69) is 5.10 Å². The highest BCUT2D eigenvalue weighted by atomic mass is 35.5. The fourth-order valence-electron chi connectivity index (χ4n) is 1.77. The maximum Gasteiger partial charge on any atom is 0.311 e. The second-order valence-corrected chi connectivity index (χ2v) is 4.36. The quantitative estimate of drug-likeness (QED) is 0.688. The number of ketones is 1. The molecular formula is C13H11ClN2O3. The van der Waals surface area contributed by atoms with E-state index in [0.717, 1.165) is 5.56 Å². The van der Waals surface area contributed by atoms with Crippen molar-refractivity contribution >= 4 is 23.4 Å². The zero-order valence-corrected chi connectivity index (χ0v) is 10.9. The van der Waals surface area contributed by atoms with Gasteiger partial charge in [-0.05, 0) is 0 Å². The predicted octanol–water partition coefficient (Wildman–Crippen LogP) is 2.40. The van der Waals surface area contributed by atoms with E-state index in [1.54, 1.807) is 19.2 Å². The van der Waals surface area contributed by atoms with Crippen molar-refractivity contribution in [1.29, 1.82) is 0 Å². The van der Waals surface area contributed by atoms with Crippen LogP contribution in [0.15, 0.2) is 30.3 Å². The minimum Gasteiger partial charge on any atom is -0.481 e.